The minimum atomic E-state index is -5.36. The summed E-state index contributed by atoms with van der Waals surface area (Å²) in [5.74, 6) is -5.43. The SMILES string of the molecule is COc1cc(/N=N/c2ccc(S(=O)(=O)CCOS(=O)(=O)O)cc2S(=O)(=O)O)c(NC(C)=O)cc1Nc1nc(Cl)nc(Nc2cc(S(=O)(=O)CCOS(=O)(=O)O)cc(S(=O)(=O)O)c2O)n1. The van der Waals surface area contributed by atoms with Crippen molar-refractivity contribution in [1.29, 1.82) is 0 Å². The van der Waals surface area contributed by atoms with Crippen molar-refractivity contribution in [2.45, 2.75) is 26.5 Å². The van der Waals surface area contributed by atoms with Gasteiger partial charge in [-0.25, -0.2) is 25.2 Å². The molecule has 0 spiro atoms. The number of ether oxygens (including phenoxy) is 1. The smallest absolute Gasteiger partial charge is 0.397 e. The molecule has 0 aliphatic rings. The monoisotopic (exact) mass is 1040 g/mol. The van der Waals surface area contributed by atoms with E-state index in [9.17, 15) is 69.5 Å². The average Bonchev–Trinajstić information content (AvgIpc) is 3.12. The lowest BCUT2D eigenvalue weighted by atomic mass is 10.2. The molecule has 29 nitrogen and oxygen atoms in total. The molecule has 8 N–H and O–H groups in total. The Morgan fingerprint density at radius 1 is 0.656 bits per heavy atom. The Bertz CT molecular complexity index is 3230. The number of aromatic hydroxyl groups is 1. The fraction of sp³-hybridized carbons (Fsp3) is 0.214. The number of rotatable bonds is 20. The molecule has 0 atom stereocenters. The maximum absolute atomic E-state index is 12.9. The first kappa shape index (κ1) is 51.3. The highest BCUT2D eigenvalue weighted by Crippen LogP contribution is 2.40. The molecule has 1 amide bonds. The number of phenolic OH excluding ortho intramolecular Hbond substituents is 1. The fourth-order valence-electron chi connectivity index (χ4n) is 4.78. The summed E-state index contributed by atoms with van der Waals surface area (Å²) in [5, 5.41) is 25.1. The van der Waals surface area contributed by atoms with Gasteiger partial charge in [-0.05, 0) is 48.0 Å². The zero-order chi connectivity index (χ0) is 48.2. The van der Waals surface area contributed by atoms with Gasteiger partial charge in [-0.15, -0.1) is 10.2 Å². The first-order valence-electron chi connectivity index (χ1n) is 16.3. The highest BCUT2D eigenvalue weighted by molar-refractivity contribution is 7.92. The van der Waals surface area contributed by atoms with Crippen molar-refractivity contribution in [3.05, 3.63) is 47.7 Å². The normalized spacial score (nSPS) is 12.9. The van der Waals surface area contributed by atoms with Crippen molar-refractivity contribution < 1.29 is 91.7 Å². The van der Waals surface area contributed by atoms with Gasteiger partial charge >= 0.3 is 20.8 Å². The second kappa shape index (κ2) is 19.4. The average molecular weight is 1040 g/mol. The molecule has 4 rings (SSSR count). The summed E-state index contributed by atoms with van der Waals surface area (Å²) in [5.41, 5.74) is -1.97. The van der Waals surface area contributed by atoms with Gasteiger partial charge in [0.15, 0.2) is 25.4 Å². The number of methoxy groups -OCH3 is 1. The van der Waals surface area contributed by atoms with Crippen molar-refractivity contribution in [3.8, 4) is 11.5 Å². The van der Waals surface area contributed by atoms with Gasteiger partial charge in [-0.3, -0.25) is 23.0 Å². The fourth-order valence-corrected chi connectivity index (χ4v) is 9.42. The van der Waals surface area contributed by atoms with E-state index in [2.05, 4.69) is 49.5 Å². The number of nitrogens with one attached hydrogen (secondary N) is 3. The number of anilines is 5. The van der Waals surface area contributed by atoms with E-state index in [1.165, 1.54) is 0 Å². The number of phenols is 1. The van der Waals surface area contributed by atoms with Crippen molar-refractivity contribution >= 4 is 119 Å². The van der Waals surface area contributed by atoms with Gasteiger partial charge in [-0.2, -0.15) is 48.6 Å². The highest BCUT2D eigenvalue weighted by Gasteiger charge is 2.27. The van der Waals surface area contributed by atoms with Crippen LogP contribution in [0.15, 0.2) is 72.3 Å². The Labute approximate surface area is 367 Å². The van der Waals surface area contributed by atoms with Crippen LogP contribution in [0.1, 0.15) is 6.92 Å². The van der Waals surface area contributed by atoms with Gasteiger partial charge in [0, 0.05) is 13.0 Å². The van der Waals surface area contributed by atoms with Crippen molar-refractivity contribution in [1.82, 2.24) is 15.0 Å². The molecule has 1 heterocycles. The van der Waals surface area contributed by atoms with Crippen molar-refractivity contribution in [2.24, 2.45) is 10.2 Å². The van der Waals surface area contributed by atoms with Crippen LogP contribution < -0.4 is 20.7 Å². The molecular formula is C28H29ClN8O21S6. The summed E-state index contributed by atoms with van der Waals surface area (Å²) in [6.45, 7) is -1.12. The molecule has 0 unspecified atom stereocenters. The van der Waals surface area contributed by atoms with E-state index in [1.807, 2.05) is 0 Å². The first-order valence-corrected chi connectivity index (χ1v) is 25.6. The van der Waals surface area contributed by atoms with Crippen molar-refractivity contribution in [2.75, 3.05) is 47.8 Å². The molecule has 0 aliphatic carbocycles. The molecule has 0 aliphatic heterocycles. The number of aromatic nitrogens is 3. The highest BCUT2D eigenvalue weighted by atomic mass is 35.5. The van der Waals surface area contributed by atoms with E-state index < -0.39 is 145 Å². The summed E-state index contributed by atoms with van der Waals surface area (Å²) in [6, 6.07) is 5.36. The lowest BCUT2D eigenvalue weighted by molar-refractivity contribution is -0.114. The Balaban J connectivity index is 1.73. The van der Waals surface area contributed by atoms with E-state index in [4.69, 9.17) is 25.4 Å². The van der Waals surface area contributed by atoms with Crippen LogP contribution in [0.5, 0.6) is 11.5 Å². The summed E-state index contributed by atoms with van der Waals surface area (Å²) in [6.07, 6.45) is 0. The standard InChI is InChI=1S/C28H29ClN8O21S6/c1-14(38)30-18-12-20(22(56-2)13-19(18)37-36-17-4-3-15(10-23(17)61(44,45)46)59(40,41)7-5-57-63(50,51)52)31-27-33-26(29)34-28(35-27)32-21-9-16(11-24(25(21)39)62(47,48)49)60(42,43)8-6-58-64(53,54)55/h3-4,9-13,39H,5-8H2,1-2H3,(H,30,38)(H,44,45,46)(H,47,48,49)(H,50,51,52)(H,53,54,55)(H2,31,32,33,34,35)/b37-36+. The van der Waals surface area contributed by atoms with E-state index in [-0.39, 0.29) is 22.8 Å². The molecule has 3 aromatic carbocycles. The summed E-state index contributed by atoms with van der Waals surface area (Å²) >= 11 is 6.07. The van der Waals surface area contributed by atoms with Crippen LogP contribution in [-0.2, 0) is 73.9 Å². The molecule has 1 aromatic heterocycles. The second-order valence-corrected chi connectivity index (χ2v) is 21.5. The number of sulfone groups is 2. The summed E-state index contributed by atoms with van der Waals surface area (Å²) in [4.78, 5) is 19.7. The Kier molecular flexibility index (Phi) is 15.6. The number of nitrogens with zero attached hydrogens (tertiary/aromatic N) is 5. The zero-order valence-corrected chi connectivity index (χ0v) is 37.4. The van der Waals surface area contributed by atoms with Crippen LogP contribution in [0, 0.1) is 0 Å². The van der Waals surface area contributed by atoms with Gasteiger partial charge in [0.1, 0.15) is 26.9 Å². The number of carbonyl (C=O) groups is 1. The third-order valence-electron chi connectivity index (χ3n) is 7.42. The number of hydrogen-bond acceptors (Lipinski definition) is 24. The van der Waals surface area contributed by atoms with Gasteiger partial charge < -0.3 is 25.8 Å². The van der Waals surface area contributed by atoms with Crippen LogP contribution in [0.3, 0.4) is 0 Å². The predicted octanol–water partition coefficient (Wildman–Crippen LogP) is 1.78. The van der Waals surface area contributed by atoms with Gasteiger partial charge in [0.2, 0.25) is 23.1 Å². The third kappa shape index (κ3) is 14.3. The zero-order valence-electron chi connectivity index (χ0n) is 31.7. The quantitative estimate of drug-likeness (QED) is 0.0355. The van der Waals surface area contributed by atoms with Gasteiger partial charge in [0.25, 0.3) is 20.2 Å². The second-order valence-electron chi connectivity index (χ2n) is 12.0. The Hall–Kier alpha value is -5.31. The van der Waals surface area contributed by atoms with E-state index >= 15 is 0 Å². The molecule has 0 saturated heterocycles. The van der Waals surface area contributed by atoms with Gasteiger partial charge in [-0.1, -0.05) is 0 Å². The molecule has 0 saturated carbocycles. The number of azo groups is 1. The third-order valence-corrected chi connectivity index (χ3v) is 13.6. The molecular weight excluding hydrogens is 1010 g/mol. The largest absolute Gasteiger partial charge is 0.504 e. The first-order chi connectivity index (χ1) is 29.3. The molecule has 36 heteroatoms. The van der Waals surface area contributed by atoms with Crippen LogP contribution in [0.4, 0.5) is 40.3 Å². The minimum Gasteiger partial charge on any atom is -0.504 e. The number of hydrogen-bond donors (Lipinski definition) is 8. The molecule has 64 heavy (non-hydrogen) atoms. The summed E-state index contributed by atoms with van der Waals surface area (Å²) < 4.78 is 194. The van der Waals surface area contributed by atoms with E-state index in [1.54, 1.807) is 0 Å². The topological polar surface area (TPSA) is 450 Å². The van der Waals surface area contributed by atoms with E-state index in [0.717, 1.165) is 38.3 Å². The molecule has 4 aromatic rings. The molecule has 0 bridgehead atoms. The maximum atomic E-state index is 12.9. The number of benzene rings is 3. The van der Waals surface area contributed by atoms with Crippen LogP contribution in [0.2, 0.25) is 5.28 Å². The predicted molar refractivity (Wildman–Crippen MR) is 216 cm³/mol. The van der Waals surface area contributed by atoms with Gasteiger partial charge in [0.05, 0.1) is 58.7 Å². The Morgan fingerprint density at radius 3 is 1.66 bits per heavy atom. The number of carbonyl (C=O) groups excluding carboxylic acids is 1. The molecule has 350 valence electrons. The van der Waals surface area contributed by atoms with Crippen LogP contribution in [0.25, 0.3) is 0 Å². The van der Waals surface area contributed by atoms with E-state index in [0.29, 0.717) is 18.2 Å². The maximum Gasteiger partial charge on any atom is 0.397 e. The molecule has 0 fully saturated rings. The lowest BCUT2D eigenvalue weighted by Gasteiger charge is -2.15. The minimum absolute atomic E-state index is 0.0960. The van der Waals surface area contributed by atoms with Crippen LogP contribution in [-0.4, -0.2) is 127 Å². The lowest BCUT2D eigenvalue weighted by Crippen LogP contribution is -2.16. The van der Waals surface area contributed by atoms with Crippen LogP contribution >= 0.6 is 11.6 Å². The molecule has 0 radical (unpaired) electrons. The number of halogens is 1. The number of amides is 1. The van der Waals surface area contributed by atoms with Crippen molar-refractivity contribution in [3.63, 3.8) is 0 Å². The Morgan fingerprint density at radius 2 is 1.16 bits per heavy atom. The summed E-state index contributed by atoms with van der Waals surface area (Å²) in [7, 11) is -28.7.